The molecule has 1 saturated heterocycles. The monoisotopic (exact) mass is 298 g/mol. The van der Waals surface area contributed by atoms with Crippen LogP contribution in [-0.4, -0.2) is 46.6 Å². The number of hydrogen-bond acceptors (Lipinski definition) is 4. The zero-order valence-electron chi connectivity index (χ0n) is 13.0. The molecule has 1 heterocycles. The molecule has 1 aliphatic rings. The Balaban J connectivity index is 2.79. The van der Waals surface area contributed by atoms with E-state index in [0.717, 1.165) is 6.20 Å². The topological polar surface area (TPSA) is 62.1 Å². The van der Waals surface area contributed by atoms with Crippen LogP contribution >= 0.6 is 0 Å². The Hall–Kier alpha value is -1.69. The first-order chi connectivity index (χ1) is 9.60. The van der Waals surface area contributed by atoms with Crippen molar-refractivity contribution in [2.24, 2.45) is 4.99 Å². The zero-order chi connectivity index (χ0) is 16.2. The standard InChI is InChI=1S/C15H23FN2O3/c1-10(7-17-8-11(2)16)13-6-12(19)9-18(13)14(20)21-15(3,4)5/h7-8,12-13,19H,1,6,9H2,2-5H3/b11-8+,17-7?/t12-,13-/m1/s1. The maximum absolute atomic E-state index is 12.6. The molecule has 1 N–H and O–H groups in total. The Labute approximate surface area is 124 Å². The lowest BCUT2D eigenvalue weighted by molar-refractivity contribution is 0.0232. The molecule has 1 fully saturated rings. The van der Waals surface area contributed by atoms with Crippen LogP contribution in [0.5, 0.6) is 0 Å². The first-order valence-electron chi connectivity index (χ1n) is 6.82. The molecule has 118 valence electrons. The van der Waals surface area contributed by atoms with E-state index in [1.165, 1.54) is 18.0 Å². The van der Waals surface area contributed by atoms with Crippen molar-refractivity contribution in [3.8, 4) is 0 Å². The summed E-state index contributed by atoms with van der Waals surface area (Å²) in [4.78, 5) is 17.4. The van der Waals surface area contributed by atoms with Crippen LogP contribution in [0.15, 0.2) is 29.2 Å². The lowest BCUT2D eigenvalue weighted by atomic mass is 10.1. The van der Waals surface area contributed by atoms with Crippen molar-refractivity contribution in [3.63, 3.8) is 0 Å². The highest BCUT2D eigenvalue weighted by molar-refractivity contribution is 5.82. The average Bonchev–Trinajstić information content (AvgIpc) is 2.68. The molecule has 5 nitrogen and oxygen atoms in total. The first kappa shape index (κ1) is 17.4. The molecule has 0 unspecified atom stereocenters. The summed E-state index contributed by atoms with van der Waals surface area (Å²) in [6, 6.07) is -0.396. The van der Waals surface area contributed by atoms with E-state index in [9.17, 15) is 14.3 Å². The fraction of sp³-hybridized carbons (Fsp3) is 0.600. The molecule has 21 heavy (non-hydrogen) atoms. The van der Waals surface area contributed by atoms with Crippen LogP contribution < -0.4 is 0 Å². The van der Waals surface area contributed by atoms with Crippen LogP contribution in [0, 0.1) is 0 Å². The van der Waals surface area contributed by atoms with Gasteiger partial charge < -0.3 is 9.84 Å². The molecule has 0 aromatic rings. The molecule has 0 spiro atoms. The van der Waals surface area contributed by atoms with E-state index < -0.39 is 29.7 Å². The van der Waals surface area contributed by atoms with Gasteiger partial charge in [-0.05, 0) is 39.7 Å². The SMILES string of the molecule is C=C(C=N/C=C(\C)F)[C@H]1C[C@@H](O)CN1C(=O)OC(C)(C)C. The summed E-state index contributed by atoms with van der Waals surface area (Å²) in [5.74, 6) is -0.422. The fourth-order valence-corrected chi connectivity index (χ4v) is 2.01. The van der Waals surface area contributed by atoms with Crippen molar-refractivity contribution >= 4 is 12.3 Å². The molecule has 1 amide bonds. The maximum Gasteiger partial charge on any atom is 0.410 e. The molecule has 1 aliphatic heterocycles. The summed E-state index contributed by atoms with van der Waals surface area (Å²) in [7, 11) is 0. The molecule has 0 aromatic heterocycles. The number of carbonyl (C=O) groups is 1. The van der Waals surface area contributed by atoms with E-state index in [1.807, 2.05) is 0 Å². The van der Waals surface area contributed by atoms with Crippen LogP contribution in [-0.2, 0) is 4.74 Å². The number of ether oxygens (including phenoxy) is 1. The van der Waals surface area contributed by atoms with Gasteiger partial charge >= 0.3 is 6.09 Å². The van der Waals surface area contributed by atoms with Crippen molar-refractivity contribution in [1.29, 1.82) is 0 Å². The number of aliphatic hydroxyl groups is 1. The summed E-state index contributed by atoms with van der Waals surface area (Å²) in [6.07, 6.45) is 1.68. The van der Waals surface area contributed by atoms with Crippen LogP contribution in [0.3, 0.4) is 0 Å². The highest BCUT2D eigenvalue weighted by Crippen LogP contribution is 2.25. The van der Waals surface area contributed by atoms with Gasteiger partial charge in [0.1, 0.15) is 11.4 Å². The average molecular weight is 298 g/mol. The van der Waals surface area contributed by atoms with E-state index in [-0.39, 0.29) is 6.54 Å². The Morgan fingerprint density at radius 1 is 1.52 bits per heavy atom. The van der Waals surface area contributed by atoms with Crippen molar-refractivity contribution in [1.82, 2.24) is 4.90 Å². The van der Waals surface area contributed by atoms with Crippen LogP contribution in [0.25, 0.3) is 0 Å². The molecule has 0 radical (unpaired) electrons. The molecule has 0 bridgehead atoms. The van der Waals surface area contributed by atoms with Gasteiger partial charge in [-0.3, -0.25) is 9.89 Å². The number of aliphatic hydroxyl groups excluding tert-OH is 1. The first-order valence-corrected chi connectivity index (χ1v) is 6.82. The van der Waals surface area contributed by atoms with Gasteiger partial charge in [0.05, 0.1) is 24.9 Å². The van der Waals surface area contributed by atoms with Gasteiger partial charge in [0.15, 0.2) is 0 Å². The summed E-state index contributed by atoms with van der Waals surface area (Å²) in [5.41, 5.74) is -0.0894. The predicted octanol–water partition coefficient (Wildman–Crippen LogP) is 2.81. The Bertz CT molecular complexity index is 462. The fourth-order valence-electron chi connectivity index (χ4n) is 2.01. The molecule has 0 saturated carbocycles. The van der Waals surface area contributed by atoms with Gasteiger partial charge in [-0.2, -0.15) is 0 Å². The van der Waals surface area contributed by atoms with Crippen molar-refractivity contribution < 1.29 is 19.0 Å². The van der Waals surface area contributed by atoms with Gasteiger partial charge in [0, 0.05) is 6.21 Å². The number of likely N-dealkylation sites (tertiary alicyclic amines) is 1. The molecular formula is C15H23FN2O3. The number of nitrogens with zero attached hydrogens (tertiary/aromatic N) is 2. The zero-order valence-corrected chi connectivity index (χ0v) is 13.0. The van der Waals surface area contributed by atoms with Crippen molar-refractivity contribution in [3.05, 3.63) is 24.2 Å². The Morgan fingerprint density at radius 3 is 2.67 bits per heavy atom. The second kappa shape index (κ2) is 6.85. The largest absolute Gasteiger partial charge is 0.444 e. The third-order valence-corrected chi connectivity index (χ3v) is 2.83. The van der Waals surface area contributed by atoms with Crippen molar-refractivity contribution in [2.45, 2.75) is 51.9 Å². The van der Waals surface area contributed by atoms with Crippen LogP contribution in [0.2, 0.25) is 0 Å². The molecule has 0 aromatic carbocycles. The van der Waals surface area contributed by atoms with Gasteiger partial charge in [0.2, 0.25) is 0 Å². The second-order valence-corrected chi connectivity index (χ2v) is 6.11. The lowest BCUT2D eigenvalue weighted by Crippen LogP contribution is -2.41. The lowest BCUT2D eigenvalue weighted by Gasteiger charge is -2.28. The summed E-state index contributed by atoms with van der Waals surface area (Å²) < 4.78 is 17.9. The number of amides is 1. The van der Waals surface area contributed by atoms with E-state index in [4.69, 9.17) is 4.74 Å². The summed E-state index contributed by atoms with van der Waals surface area (Å²) >= 11 is 0. The van der Waals surface area contributed by atoms with Gasteiger partial charge in [0.25, 0.3) is 0 Å². The quantitative estimate of drug-likeness (QED) is 0.815. The van der Waals surface area contributed by atoms with Gasteiger partial charge in [-0.1, -0.05) is 6.58 Å². The maximum atomic E-state index is 12.6. The Kier molecular flexibility index (Phi) is 5.66. The molecule has 1 rings (SSSR count). The van der Waals surface area contributed by atoms with E-state index >= 15 is 0 Å². The van der Waals surface area contributed by atoms with E-state index in [2.05, 4.69) is 11.6 Å². The smallest absolute Gasteiger partial charge is 0.410 e. The third-order valence-electron chi connectivity index (χ3n) is 2.83. The molecule has 6 heteroatoms. The molecular weight excluding hydrogens is 275 g/mol. The minimum absolute atomic E-state index is 0.185. The third kappa shape index (κ3) is 5.67. The normalized spacial score (nSPS) is 23.7. The predicted molar refractivity (Wildman–Crippen MR) is 79.8 cm³/mol. The number of hydrogen-bond donors (Lipinski definition) is 1. The highest BCUT2D eigenvalue weighted by atomic mass is 19.1. The van der Waals surface area contributed by atoms with E-state index in [0.29, 0.717) is 12.0 Å². The van der Waals surface area contributed by atoms with Crippen LogP contribution in [0.4, 0.5) is 9.18 Å². The Morgan fingerprint density at radius 2 is 2.14 bits per heavy atom. The minimum Gasteiger partial charge on any atom is -0.444 e. The summed E-state index contributed by atoms with van der Waals surface area (Å²) in [5, 5.41) is 9.77. The number of rotatable bonds is 3. The van der Waals surface area contributed by atoms with Crippen LogP contribution in [0.1, 0.15) is 34.1 Å². The second-order valence-electron chi connectivity index (χ2n) is 6.11. The number of allylic oxidation sites excluding steroid dienone is 1. The molecule has 2 atom stereocenters. The summed E-state index contributed by atoms with van der Waals surface area (Å²) in [6.45, 7) is 10.6. The minimum atomic E-state index is -0.633. The van der Waals surface area contributed by atoms with E-state index in [1.54, 1.807) is 20.8 Å². The number of halogens is 1. The van der Waals surface area contributed by atoms with Gasteiger partial charge in [-0.15, -0.1) is 0 Å². The molecule has 0 aliphatic carbocycles. The number of aliphatic imine (C=N–C) groups is 1. The highest BCUT2D eigenvalue weighted by Gasteiger charge is 2.37. The number of β-amino-alcohol motifs (C(OH)–C–C–N with tert-alkyl or cyclic N) is 1. The van der Waals surface area contributed by atoms with Crippen molar-refractivity contribution in [2.75, 3.05) is 6.54 Å². The van der Waals surface area contributed by atoms with Gasteiger partial charge in [-0.25, -0.2) is 9.18 Å². The number of carbonyl (C=O) groups excluding carboxylic acids is 1.